The summed E-state index contributed by atoms with van der Waals surface area (Å²) in [5.74, 6) is -2.76. The van der Waals surface area contributed by atoms with E-state index in [4.69, 9.17) is 0 Å². The fourth-order valence-electron chi connectivity index (χ4n) is 2.85. The van der Waals surface area contributed by atoms with Crippen LogP contribution in [0.3, 0.4) is 0 Å². The summed E-state index contributed by atoms with van der Waals surface area (Å²) in [5, 5.41) is 14.9. The van der Waals surface area contributed by atoms with E-state index in [9.17, 15) is 19.5 Å². The average Bonchev–Trinajstić information content (AvgIpc) is 3.39. The number of nitrogens with one attached hydrogen (secondary N) is 2. The van der Waals surface area contributed by atoms with E-state index in [1.807, 2.05) is 6.08 Å². The maximum atomic E-state index is 12.4. The number of carbonyl (C=O) groups excluding carboxylic acids is 2. The number of carboxylic acid groups (broad SMARTS) is 1. The van der Waals surface area contributed by atoms with Crippen LogP contribution in [0.15, 0.2) is 36.4 Å². The minimum atomic E-state index is -0.961. The summed E-state index contributed by atoms with van der Waals surface area (Å²) in [6.07, 6.45) is 6.42. The molecule has 2 aliphatic rings. The van der Waals surface area contributed by atoms with E-state index in [0.29, 0.717) is 24.1 Å². The Balaban J connectivity index is 1.68. The van der Waals surface area contributed by atoms with Gasteiger partial charge in [0, 0.05) is 17.3 Å². The van der Waals surface area contributed by atoms with Gasteiger partial charge in [0.05, 0.1) is 11.8 Å². The zero-order valence-corrected chi connectivity index (χ0v) is 13.2. The zero-order chi connectivity index (χ0) is 17.1. The van der Waals surface area contributed by atoms with Crippen LogP contribution in [0, 0.1) is 11.8 Å². The first-order chi connectivity index (χ1) is 11.5. The lowest BCUT2D eigenvalue weighted by atomic mass is 9.82. The quantitative estimate of drug-likeness (QED) is 0.722. The van der Waals surface area contributed by atoms with E-state index >= 15 is 0 Å². The lowest BCUT2D eigenvalue weighted by molar-refractivity contribution is -0.146. The Morgan fingerprint density at radius 1 is 1.04 bits per heavy atom. The fraction of sp³-hybridized carbons (Fsp3) is 0.389. The molecule has 3 N–H and O–H groups in total. The molecule has 24 heavy (non-hydrogen) atoms. The summed E-state index contributed by atoms with van der Waals surface area (Å²) in [6.45, 7) is 0. The molecule has 0 radical (unpaired) electrons. The van der Waals surface area contributed by atoms with Gasteiger partial charge in [0.25, 0.3) is 5.91 Å². The van der Waals surface area contributed by atoms with Gasteiger partial charge < -0.3 is 15.7 Å². The van der Waals surface area contributed by atoms with Crippen LogP contribution in [0.25, 0.3) is 0 Å². The van der Waals surface area contributed by atoms with Crippen LogP contribution in [-0.4, -0.2) is 28.9 Å². The van der Waals surface area contributed by atoms with Crippen molar-refractivity contribution in [1.82, 2.24) is 5.32 Å². The molecule has 0 unspecified atom stereocenters. The summed E-state index contributed by atoms with van der Waals surface area (Å²) in [6, 6.07) is 6.97. The minimum Gasteiger partial charge on any atom is -0.481 e. The number of carboxylic acids is 1. The average molecular weight is 328 g/mol. The Kier molecular flexibility index (Phi) is 4.64. The van der Waals surface area contributed by atoms with E-state index in [2.05, 4.69) is 10.6 Å². The second-order valence-electron chi connectivity index (χ2n) is 6.31. The maximum Gasteiger partial charge on any atom is 0.307 e. The van der Waals surface area contributed by atoms with Crippen molar-refractivity contribution in [2.45, 2.75) is 31.7 Å². The molecule has 2 atom stereocenters. The largest absolute Gasteiger partial charge is 0.481 e. The molecule has 0 aliphatic heterocycles. The molecule has 1 fully saturated rings. The first-order valence-corrected chi connectivity index (χ1v) is 8.14. The lowest BCUT2D eigenvalue weighted by Crippen LogP contribution is -2.34. The van der Waals surface area contributed by atoms with Crippen LogP contribution in [-0.2, 0) is 9.59 Å². The SMILES string of the molecule is O=C(NC1CC1)c1cccc(NC(=O)[C@@H]2CC=CC[C@@H]2C(=O)O)c1. The fourth-order valence-corrected chi connectivity index (χ4v) is 2.85. The van der Waals surface area contributed by atoms with E-state index in [-0.39, 0.29) is 17.9 Å². The lowest BCUT2D eigenvalue weighted by Gasteiger charge is -2.24. The van der Waals surface area contributed by atoms with E-state index in [1.54, 1.807) is 30.3 Å². The van der Waals surface area contributed by atoms with Crippen LogP contribution >= 0.6 is 0 Å². The van der Waals surface area contributed by atoms with E-state index in [1.165, 1.54) is 0 Å². The van der Waals surface area contributed by atoms with Crippen molar-refractivity contribution in [2.75, 3.05) is 5.32 Å². The maximum absolute atomic E-state index is 12.4. The molecule has 2 aliphatic carbocycles. The highest BCUT2D eigenvalue weighted by atomic mass is 16.4. The molecule has 1 aromatic rings. The minimum absolute atomic E-state index is 0.155. The zero-order valence-electron chi connectivity index (χ0n) is 13.2. The third-order valence-electron chi connectivity index (χ3n) is 4.39. The molecule has 0 saturated heterocycles. The van der Waals surface area contributed by atoms with Crippen LogP contribution in [0.1, 0.15) is 36.0 Å². The monoisotopic (exact) mass is 328 g/mol. The predicted molar refractivity (Wildman–Crippen MR) is 88.5 cm³/mol. The van der Waals surface area contributed by atoms with Crippen LogP contribution in [0.4, 0.5) is 5.69 Å². The molecule has 6 nitrogen and oxygen atoms in total. The number of allylic oxidation sites excluding steroid dienone is 2. The van der Waals surface area contributed by atoms with Crippen LogP contribution in [0.5, 0.6) is 0 Å². The molecule has 2 amide bonds. The normalized spacial score (nSPS) is 22.7. The summed E-state index contributed by atoms with van der Waals surface area (Å²) < 4.78 is 0. The molecule has 3 rings (SSSR count). The highest BCUT2D eigenvalue weighted by Crippen LogP contribution is 2.27. The number of rotatable bonds is 5. The van der Waals surface area contributed by atoms with Gasteiger partial charge in [-0.25, -0.2) is 0 Å². The number of benzene rings is 1. The van der Waals surface area contributed by atoms with Gasteiger partial charge in [0.1, 0.15) is 0 Å². The van der Waals surface area contributed by atoms with E-state index in [0.717, 1.165) is 12.8 Å². The van der Waals surface area contributed by atoms with Gasteiger partial charge in [-0.3, -0.25) is 14.4 Å². The number of hydrogen-bond donors (Lipinski definition) is 3. The Bertz CT molecular complexity index is 694. The van der Waals surface area contributed by atoms with Crippen LogP contribution in [0.2, 0.25) is 0 Å². The standard InChI is InChI=1S/C18H20N2O4/c21-16(19-12-8-9-12)11-4-3-5-13(10-11)20-17(22)14-6-1-2-7-15(14)18(23)24/h1-5,10,12,14-15H,6-9H2,(H,19,21)(H,20,22)(H,23,24)/t14-,15+/m1/s1. The summed E-state index contributed by atoms with van der Waals surface area (Å²) in [4.78, 5) is 35.8. The molecule has 0 bridgehead atoms. The Hall–Kier alpha value is -2.63. The molecular weight excluding hydrogens is 308 g/mol. The van der Waals surface area contributed by atoms with E-state index < -0.39 is 17.8 Å². The molecule has 1 aromatic carbocycles. The molecular formula is C18H20N2O4. The van der Waals surface area contributed by atoms with Crippen molar-refractivity contribution in [3.8, 4) is 0 Å². The molecule has 0 aromatic heterocycles. The molecule has 0 spiro atoms. The van der Waals surface area contributed by atoms with Crippen molar-refractivity contribution >= 4 is 23.5 Å². The number of aliphatic carboxylic acids is 1. The topological polar surface area (TPSA) is 95.5 Å². The van der Waals surface area contributed by atoms with Gasteiger partial charge in [-0.15, -0.1) is 0 Å². The van der Waals surface area contributed by atoms with Crippen molar-refractivity contribution < 1.29 is 19.5 Å². The number of anilines is 1. The summed E-state index contributed by atoms with van der Waals surface area (Å²) >= 11 is 0. The Labute approximate surface area is 139 Å². The first-order valence-electron chi connectivity index (χ1n) is 8.14. The van der Waals surface area contributed by atoms with Gasteiger partial charge >= 0.3 is 5.97 Å². The Morgan fingerprint density at radius 2 is 1.75 bits per heavy atom. The van der Waals surface area contributed by atoms with Gasteiger partial charge in [-0.05, 0) is 43.9 Å². The van der Waals surface area contributed by atoms with Crippen LogP contribution < -0.4 is 10.6 Å². The second-order valence-corrected chi connectivity index (χ2v) is 6.31. The predicted octanol–water partition coefficient (Wildman–Crippen LogP) is 2.18. The van der Waals surface area contributed by atoms with Crippen molar-refractivity contribution in [2.24, 2.45) is 11.8 Å². The highest BCUT2D eigenvalue weighted by molar-refractivity contribution is 5.98. The number of carbonyl (C=O) groups is 3. The number of hydrogen-bond acceptors (Lipinski definition) is 3. The molecule has 1 saturated carbocycles. The third-order valence-corrected chi connectivity index (χ3v) is 4.39. The second kappa shape index (κ2) is 6.86. The molecule has 0 heterocycles. The van der Waals surface area contributed by atoms with Crippen molar-refractivity contribution in [1.29, 1.82) is 0 Å². The smallest absolute Gasteiger partial charge is 0.307 e. The Morgan fingerprint density at radius 3 is 2.42 bits per heavy atom. The molecule has 126 valence electrons. The summed E-state index contributed by atoms with van der Waals surface area (Å²) in [5.41, 5.74) is 0.986. The third kappa shape index (κ3) is 3.82. The van der Waals surface area contributed by atoms with Gasteiger partial charge in [-0.1, -0.05) is 18.2 Å². The number of amides is 2. The van der Waals surface area contributed by atoms with Gasteiger partial charge in [-0.2, -0.15) is 0 Å². The van der Waals surface area contributed by atoms with Gasteiger partial charge in [0.2, 0.25) is 5.91 Å². The highest BCUT2D eigenvalue weighted by Gasteiger charge is 2.34. The van der Waals surface area contributed by atoms with Gasteiger partial charge in [0.15, 0.2) is 0 Å². The van der Waals surface area contributed by atoms with Crippen molar-refractivity contribution in [3.63, 3.8) is 0 Å². The summed E-state index contributed by atoms with van der Waals surface area (Å²) in [7, 11) is 0. The first kappa shape index (κ1) is 16.2. The van der Waals surface area contributed by atoms with Crippen molar-refractivity contribution in [3.05, 3.63) is 42.0 Å². The molecule has 6 heteroatoms.